The molecule has 0 radical (unpaired) electrons. The molecule has 9 heteroatoms. The number of fused-ring (bicyclic) bond motifs is 1. The summed E-state index contributed by atoms with van der Waals surface area (Å²) < 4.78 is 3.72. The first kappa shape index (κ1) is 21.2. The Bertz CT molecular complexity index is 1290. The van der Waals surface area contributed by atoms with Crippen LogP contribution in [0.3, 0.4) is 0 Å². The lowest BCUT2D eigenvalue weighted by Crippen LogP contribution is -2.41. The van der Waals surface area contributed by atoms with Gasteiger partial charge in [0.25, 0.3) is 11.8 Å². The Kier molecular flexibility index (Phi) is 5.72. The van der Waals surface area contributed by atoms with Gasteiger partial charge in [0.1, 0.15) is 5.82 Å². The molecule has 32 heavy (non-hydrogen) atoms. The number of amides is 2. The molecule has 164 valence electrons. The third kappa shape index (κ3) is 3.84. The highest BCUT2D eigenvalue weighted by Gasteiger charge is 2.22. The van der Waals surface area contributed by atoms with E-state index in [-0.39, 0.29) is 5.92 Å². The van der Waals surface area contributed by atoms with E-state index in [1.54, 1.807) is 23.0 Å². The number of aryl methyl sites for hydroxylation is 2. The highest BCUT2D eigenvalue weighted by molar-refractivity contribution is 6.01. The van der Waals surface area contributed by atoms with Gasteiger partial charge in [0.2, 0.25) is 0 Å². The lowest BCUT2D eigenvalue weighted by atomic mass is 10.1. The Morgan fingerprint density at radius 2 is 1.88 bits per heavy atom. The molecule has 3 heterocycles. The van der Waals surface area contributed by atoms with Crippen LogP contribution < -0.4 is 10.9 Å². The van der Waals surface area contributed by atoms with Crippen LogP contribution in [0, 0.1) is 6.92 Å². The molecule has 0 saturated heterocycles. The van der Waals surface area contributed by atoms with Gasteiger partial charge in [0.05, 0.1) is 28.5 Å². The second-order valence-electron chi connectivity index (χ2n) is 7.71. The van der Waals surface area contributed by atoms with Crippen molar-refractivity contribution in [3.8, 4) is 5.82 Å². The topological polar surface area (TPSA) is 107 Å². The predicted octanol–water partition coefficient (Wildman–Crippen LogP) is 3.14. The zero-order valence-corrected chi connectivity index (χ0v) is 18.5. The fraction of sp³-hybridized carbons (Fsp3) is 0.261. The van der Waals surface area contributed by atoms with Gasteiger partial charge < -0.3 is 4.57 Å². The maximum Gasteiger partial charge on any atom is 0.273 e. The van der Waals surface area contributed by atoms with Crippen LogP contribution in [0.15, 0.2) is 48.8 Å². The number of aromatic nitrogens is 5. The SMILES string of the molecule is CCn1c(C)nc2cc(C(=O)NNC(=O)c3cnn(-c4ccccn4)c3C(C)C)ccc21. The van der Waals surface area contributed by atoms with Crippen LogP contribution in [-0.4, -0.2) is 36.1 Å². The first-order valence-corrected chi connectivity index (χ1v) is 10.5. The third-order valence-electron chi connectivity index (χ3n) is 5.27. The summed E-state index contributed by atoms with van der Waals surface area (Å²) in [5, 5.41) is 4.34. The van der Waals surface area contributed by atoms with E-state index >= 15 is 0 Å². The molecule has 0 spiro atoms. The van der Waals surface area contributed by atoms with Gasteiger partial charge in [-0.3, -0.25) is 20.4 Å². The summed E-state index contributed by atoms with van der Waals surface area (Å²) in [7, 11) is 0. The highest BCUT2D eigenvalue weighted by atomic mass is 16.2. The van der Waals surface area contributed by atoms with Crippen LogP contribution in [-0.2, 0) is 6.54 Å². The minimum atomic E-state index is -0.448. The molecule has 0 fully saturated rings. The number of nitrogens with zero attached hydrogens (tertiary/aromatic N) is 5. The number of carbonyl (C=O) groups is 2. The molecule has 0 bridgehead atoms. The molecule has 3 aromatic heterocycles. The van der Waals surface area contributed by atoms with Gasteiger partial charge in [0.15, 0.2) is 5.82 Å². The molecular formula is C23H25N7O2. The first-order chi connectivity index (χ1) is 15.4. The van der Waals surface area contributed by atoms with Crippen LogP contribution in [0.1, 0.15) is 58.9 Å². The quantitative estimate of drug-likeness (QED) is 0.472. The minimum Gasteiger partial charge on any atom is -0.329 e. The third-order valence-corrected chi connectivity index (χ3v) is 5.27. The molecule has 0 aliphatic carbocycles. The fourth-order valence-corrected chi connectivity index (χ4v) is 3.79. The monoisotopic (exact) mass is 431 g/mol. The van der Waals surface area contributed by atoms with E-state index in [0.29, 0.717) is 22.6 Å². The number of imidazole rings is 1. The summed E-state index contributed by atoms with van der Waals surface area (Å²) in [6, 6.07) is 10.8. The Labute approximate surface area is 185 Å². The molecule has 2 amide bonds. The number of hydrazine groups is 1. The van der Waals surface area contributed by atoms with E-state index in [0.717, 1.165) is 23.4 Å². The van der Waals surface area contributed by atoms with Gasteiger partial charge in [-0.05, 0) is 50.1 Å². The van der Waals surface area contributed by atoms with Crippen molar-refractivity contribution < 1.29 is 9.59 Å². The first-order valence-electron chi connectivity index (χ1n) is 10.5. The molecule has 2 N–H and O–H groups in total. The number of rotatable bonds is 5. The predicted molar refractivity (Wildman–Crippen MR) is 121 cm³/mol. The van der Waals surface area contributed by atoms with E-state index < -0.39 is 11.8 Å². The van der Waals surface area contributed by atoms with Crippen molar-refractivity contribution in [3.05, 3.63) is 71.4 Å². The Morgan fingerprint density at radius 3 is 2.56 bits per heavy atom. The van der Waals surface area contributed by atoms with Gasteiger partial charge in [-0.2, -0.15) is 5.10 Å². The molecule has 9 nitrogen and oxygen atoms in total. The summed E-state index contributed by atoms with van der Waals surface area (Å²) in [5.74, 6) is 0.646. The number of benzene rings is 1. The summed E-state index contributed by atoms with van der Waals surface area (Å²) in [6.45, 7) is 8.72. The summed E-state index contributed by atoms with van der Waals surface area (Å²) in [6.07, 6.45) is 3.15. The smallest absolute Gasteiger partial charge is 0.273 e. The van der Waals surface area contributed by atoms with Crippen molar-refractivity contribution in [2.45, 2.75) is 40.2 Å². The summed E-state index contributed by atoms with van der Waals surface area (Å²) >= 11 is 0. The van der Waals surface area contributed by atoms with Gasteiger partial charge >= 0.3 is 0 Å². The molecule has 0 aliphatic rings. The van der Waals surface area contributed by atoms with E-state index in [4.69, 9.17) is 0 Å². The normalized spacial score (nSPS) is 11.2. The van der Waals surface area contributed by atoms with Gasteiger partial charge in [-0.15, -0.1) is 0 Å². The zero-order valence-electron chi connectivity index (χ0n) is 18.5. The van der Waals surface area contributed by atoms with Gasteiger partial charge in [-0.1, -0.05) is 19.9 Å². The Balaban J connectivity index is 1.52. The lowest BCUT2D eigenvalue weighted by molar-refractivity contribution is 0.0846. The minimum absolute atomic E-state index is 0.00952. The van der Waals surface area contributed by atoms with E-state index in [1.807, 2.05) is 52.0 Å². The van der Waals surface area contributed by atoms with Crippen molar-refractivity contribution in [2.24, 2.45) is 0 Å². The van der Waals surface area contributed by atoms with E-state index in [9.17, 15) is 9.59 Å². The van der Waals surface area contributed by atoms with Gasteiger partial charge in [0, 0.05) is 18.3 Å². The Morgan fingerprint density at radius 1 is 1.09 bits per heavy atom. The average Bonchev–Trinajstić information content (AvgIpc) is 3.38. The molecule has 0 atom stereocenters. The number of carbonyl (C=O) groups excluding carboxylic acids is 2. The standard InChI is InChI=1S/C23H25N7O2/c1-5-29-15(4)26-18-12-16(9-10-19(18)29)22(31)27-28-23(32)17-13-25-30(21(17)14(2)3)20-8-6-7-11-24-20/h6-14H,5H2,1-4H3,(H,27,31)(H,28,32). The largest absolute Gasteiger partial charge is 0.329 e. The zero-order chi connectivity index (χ0) is 22.8. The second kappa shape index (κ2) is 8.62. The maximum absolute atomic E-state index is 12.8. The van der Waals surface area contributed by atoms with E-state index in [1.165, 1.54) is 6.20 Å². The molecule has 4 aromatic rings. The molecule has 1 aromatic carbocycles. The van der Waals surface area contributed by atoms with Crippen molar-refractivity contribution in [3.63, 3.8) is 0 Å². The number of hydrogen-bond donors (Lipinski definition) is 2. The van der Waals surface area contributed by atoms with Crippen molar-refractivity contribution >= 4 is 22.8 Å². The van der Waals surface area contributed by atoms with Crippen molar-refractivity contribution in [1.82, 2.24) is 35.2 Å². The van der Waals surface area contributed by atoms with Gasteiger partial charge in [-0.25, -0.2) is 14.6 Å². The molecule has 0 saturated carbocycles. The van der Waals surface area contributed by atoms with Crippen molar-refractivity contribution in [2.75, 3.05) is 0 Å². The molecular weight excluding hydrogens is 406 g/mol. The number of pyridine rings is 1. The molecule has 0 aliphatic heterocycles. The number of hydrogen-bond acceptors (Lipinski definition) is 5. The lowest BCUT2D eigenvalue weighted by Gasteiger charge is -2.12. The second-order valence-corrected chi connectivity index (χ2v) is 7.71. The van der Waals surface area contributed by atoms with Crippen LogP contribution in [0.5, 0.6) is 0 Å². The van der Waals surface area contributed by atoms with Crippen LogP contribution >= 0.6 is 0 Å². The average molecular weight is 432 g/mol. The molecule has 0 unspecified atom stereocenters. The summed E-state index contributed by atoms with van der Waals surface area (Å²) in [4.78, 5) is 34.3. The highest BCUT2D eigenvalue weighted by Crippen LogP contribution is 2.22. The van der Waals surface area contributed by atoms with Crippen molar-refractivity contribution in [1.29, 1.82) is 0 Å². The summed E-state index contributed by atoms with van der Waals surface area (Å²) in [5.41, 5.74) is 8.18. The van der Waals surface area contributed by atoms with Crippen LogP contribution in [0.2, 0.25) is 0 Å². The van der Waals surface area contributed by atoms with Crippen LogP contribution in [0.4, 0.5) is 0 Å². The number of nitrogens with one attached hydrogen (secondary N) is 2. The maximum atomic E-state index is 12.8. The van der Waals surface area contributed by atoms with E-state index in [2.05, 4.69) is 30.5 Å². The fourth-order valence-electron chi connectivity index (χ4n) is 3.79. The van der Waals surface area contributed by atoms with Crippen LogP contribution in [0.25, 0.3) is 16.9 Å². The molecule has 4 rings (SSSR count). The Hall–Kier alpha value is -4.01.